The quantitative estimate of drug-likeness (QED) is 0.290. The van der Waals surface area contributed by atoms with E-state index in [4.69, 9.17) is 5.41 Å². The lowest BCUT2D eigenvalue weighted by Gasteiger charge is -2.08. The molecule has 2 nitrogen and oxygen atoms in total. The van der Waals surface area contributed by atoms with E-state index in [9.17, 15) is 4.79 Å². The highest BCUT2D eigenvalue weighted by Gasteiger charge is 2.12. The molecule has 0 fully saturated rings. The molecular formula is C21H29NO. The number of carbonyl (C=O) groups is 1. The van der Waals surface area contributed by atoms with Crippen LogP contribution in [0.3, 0.4) is 0 Å². The highest BCUT2D eigenvalue weighted by Crippen LogP contribution is 2.25. The van der Waals surface area contributed by atoms with E-state index in [0.29, 0.717) is 12.0 Å². The summed E-state index contributed by atoms with van der Waals surface area (Å²) in [5.74, 6) is 0.733. The van der Waals surface area contributed by atoms with Crippen LogP contribution in [0.2, 0.25) is 0 Å². The Balaban J connectivity index is 1.71. The Morgan fingerprint density at radius 1 is 1.17 bits per heavy atom. The molecule has 0 spiro atoms. The summed E-state index contributed by atoms with van der Waals surface area (Å²) in [6, 6.07) is 7.51. The number of benzene rings is 1. The minimum atomic E-state index is -0.118. The first-order chi connectivity index (χ1) is 11.1. The zero-order chi connectivity index (χ0) is 16.7. The normalized spacial score (nSPS) is 18.2. The molecule has 1 aliphatic carbocycles. The van der Waals surface area contributed by atoms with Crippen LogP contribution in [0.1, 0.15) is 74.2 Å². The largest absolute Gasteiger partial charge is 0.301 e. The summed E-state index contributed by atoms with van der Waals surface area (Å²) >= 11 is 0. The molecule has 2 rings (SSSR count). The van der Waals surface area contributed by atoms with E-state index in [2.05, 4.69) is 13.0 Å². The number of aryl methyl sites for hydroxylation is 1. The molecule has 1 aromatic rings. The number of ketones is 1. The molecule has 0 aromatic heterocycles. The van der Waals surface area contributed by atoms with Crippen LogP contribution in [0, 0.1) is 18.3 Å². The van der Waals surface area contributed by atoms with Crippen molar-refractivity contribution >= 4 is 11.5 Å². The van der Waals surface area contributed by atoms with Crippen LogP contribution in [0.4, 0.5) is 0 Å². The molecule has 23 heavy (non-hydrogen) atoms. The van der Waals surface area contributed by atoms with Crippen molar-refractivity contribution in [2.45, 2.75) is 65.2 Å². The van der Waals surface area contributed by atoms with Gasteiger partial charge in [0.25, 0.3) is 0 Å². The third-order valence-corrected chi connectivity index (χ3v) is 4.81. The molecule has 0 bridgehead atoms. The van der Waals surface area contributed by atoms with Crippen molar-refractivity contribution < 1.29 is 4.79 Å². The summed E-state index contributed by atoms with van der Waals surface area (Å²) in [6.45, 7) is 4.34. The third kappa shape index (κ3) is 5.78. The van der Waals surface area contributed by atoms with Crippen LogP contribution in [0.25, 0.3) is 0 Å². The van der Waals surface area contributed by atoms with Gasteiger partial charge in [-0.2, -0.15) is 0 Å². The number of carbonyl (C=O) groups excluding carboxylic acids is 1. The van der Waals surface area contributed by atoms with E-state index in [0.717, 1.165) is 30.7 Å². The number of Topliss-reactive ketones (excluding diaryl/α,β-unsaturated/α-hetero) is 1. The zero-order valence-corrected chi connectivity index (χ0v) is 14.5. The minimum absolute atomic E-state index is 0.118. The average molecular weight is 311 g/mol. The smallest absolute Gasteiger partial charge is 0.206 e. The monoisotopic (exact) mass is 311 g/mol. The summed E-state index contributed by atoms with van der Waals surface area (Å²) in [7, 11) is 0. The fourth-order valence-electron chi connectivity index (χ4n) is 3.12. The van der Waals surface area contributed by atoms with Crippen LogP contribution in [0.15, 0.2) is 35.9 Å². The van der Waals surface area contributed by atoms with Gasteiger partial charge in [0.05, 0.1) is 5.71 Å². The molecule has 0 aliphatic heterocycles. The molecule has 0 radical (unpaired) electrons. The maximum Gasteiger partial charge on any atom is 0.206 e. The fourth-order valence-corrected chi connectivity index (χ4v) is 3.12. The van der Waals surface area contributed by atoms with Gasteiger partial charge in [0.2, 0.25) is 5.78 Å². The summed E-state index contributed by atoms with van der Waals surface area (Å²) < 4.78 is 0. The minimum Gasteiger partial charge on any atom is -0.301 e. The van der Waals surface area contributed by atoms with Crippen molar-refractivity contribution in [2.24, 2.45) is 5.92 Å². The summed E-state index contributed by atoms with van der Waals surface area (Å²) in [5.41, 5.74) is 3.61. The number of hydrogen-bond donors (Lipinski definition) is 1. The van der Waals surface area contributed by atoms with Gasteiger partial charge in [-0.05, 0) is 64.2 Å². The van der Waals surface area contributed by atoms with Crippen molar-refractivity contribution in [3.63, 3.8) is 0 Å². The molecule has 1 aliphatic rings. The SMILES string of the molecule is Cc1ccc(C(=O)C(=N)CCCCC2=CCCC(C)CC2)cc1. The lowest BCUT2D eigenvalue weighted by atomic mass is 9.97. The molecule has 124 valence electrons. The molecule has 0 saturated heterocycles. The van der Waals surface area contributed by atoms with E-state index < -0.39 is 0 Å². The predicted molar refractivity (Wildman–Crippen MR) is 97.4 cm³/mol. The van der Waals surface area contributed by atoms with Gasteiger partial charge >= 0.3 is 0 Å². The molecule has 0 amide bonds. The second kappa shape index (κ2) is 8.81. The van der Waals surface area contributed by atoms with Crippen molar-refractivity contribution in [2.75, 3.05) is 0 Å². The second-order valence-electron chi connectivity index (χ2n) is 6.96. The Morgan fingerprint density at radius 3 is 2.65 bits per heavy atom. The van der Waals surface area contributed by atoms with Crippen molar-refractivity contribution in [3.8, 4) is 0 Å². The van der Waals surface area contributed by atoms with Gasteiger partial charge in [-0.15, -0.1) is 0 Å². The van der Waals surface area contributed by atoms with E-state index in [1.807, 2.05) is 31.2 Å². The Hall–Kier alpha value is -1.70. The van der Waals surface area contributed by atoms with Gasteiger partial charge in [-0.3, -0.25) is 4.79 Å². The number of allylic oxidation sites excluding steroid dienone is 2. The van der Waals surface area contributed by atoms with Crippen LogP contribution < -0.4 is 0 Å². The lowest BCUT2D eigenvalue weighted by Crippen LogP contribution is -2.13. The van der Waals surface area contributed by atoms with Crippen LogP contribution in [-0.4, -0.2) is 11.5 Å². The van der Waals surface area contributed by atoms with Gasteiger partial charge < -0.3 is 5.41 Å². The Morgan fingerprint density at radius 2 is 1.91 bits per heavy atom. The van der Waals surface area contributed by atoms with E-state index >= 15 is 0 Å². The first kappa shape index (κ1) is 17.7. The van der Waals surface area contributed by atoms with Crippen LogP contribution in [0.5, 0.6) is 0 Å². The molecule has 1 unspecified atom stereocenters. The van der Waals surface area contributed by atoms with Gasteiger partial charge in [-0.1, -0.05) is 48.4 Å². The van der Waals surface area contributed by atoms with Gasteiger partial charge in [0, 0.05) is 5.56 Å². The lowest BCUT2D eigenvalue weighted by molar-refractivity contribution is 0.106. The Kier molecular flexibility index (Phi) is 6.76. The Labute approximate surface area is 140 Å². The second-order valence-corrected chi connectivity index (χ2v) is 6.96. The van der Waals surface area contributed by atoms with Gasteiger partial charge in [0.1, 0.15) is 0 Å². The zero-order valence-electron chi connectivity index (χ0n) is 14.5. The molecular weight excluding hydrogens is 282 g/mol. The van der Waals surface area contributed by atoms with Gasteiger partial charge in [-0.25, -0.2) is 0 Å². The number of rotatable bonds is 7. The summed E-state index contributed by atoms with van der Waals surface area (Å²) in [6.07, 6.45) is 11.3. The van der Waals surface area contributed by atoms with E-state index in [1.165, 1.54) is 25.7 Å². The molecule has 1 N–H and O–H groups in total. The molecule has 0 heterocycles. The summed E-state index contributed by atoms with van der Waals surface area (Å²) in [5, 5.41) is 8.01. The van der Waals surface area contributed by atoms with E-state index in [1.54, 1.807) is 5.57 Å². The average Bonchev–Trinajstić information content (AvgIpc) is 2.76. The molecule has 2 heteroatoms. The van der Waals surface area contributed by atoms with Crippen molar-refractivity contribution in [1.82, 2.24) is 0 Å². The standard InChI is InChI=1S/C21H29NO/c1-16-6-5-8-18(13-10-16)7-3-4-9-20(22)21(23)19-14-11-17(2)12-15-19/h8,11-12,14-16,22H,3-7,9-10,13H2,1-2H3. The molecule has 1 aromatic carbocycles. The van der Waals surface area contributed by atoms with Gasteiger partial charge in [0.15, 0.2) is 0 Å². The third-order valence-electron chi connectivity index (χ3n) is 4.81. The number of hydrogen-bond acceptors (Lipinski definition) is 2. The van der Waals surface area contributed by atoms with Crippen molar-refractivity contribution in [3.05, 3.63) is 47.0 Å². The maximum atomic E-state index is 12.2. The first-order valence-corrected chi connectivity index (χ1v) is 8.93. The highest BCUT2D eigenvalue weighted by molar-refractivity contribution is 6.44. The van der Waals surface area contributed by atoms with E-state index in [-0.39, 0.29) is 11.5 Å². The van der Waals surface area contributed by atoms with Crippen LogP contribution in [-0.2, 0) is 0 Å². The van der Waals surface area contributed by atoms with Crippen LogP contribution >= 0.6 is 0 Å². The number of nitrogens with one attached hydrogen (secondary N) is 1. The molecule has 1 atom stereocenters. The molecule has 0 saturated carbocycles. The predicted octanol–water partition coefficient (Wildman–Crippen LogP) is 5.89. The topological polar surface area (TPSA) is 40.9 Å². The summed E-state index contributed by atoms with van der Waals surface area (Å²) in [4.78, 5) is 12.2. The van der Waals surface area contributed by atoms with Crippen molar-refractivity contribution in [1.29, 1.82) is 5.41 Å². The first-order valence-electron chi connectivity index (χ1n) is 8.93. The maximum absolute atomic E-state index is 12.2. The highest BCUT2D eigenvalue weighted by atomic mass is 16.1. The Bertz CT molecular complexity index is 568. The fraction of sp³-hybridized carbons (Fsp3) is 0.524. The number of unbranched alkanes of at least 4 members (excludes halogenated alkanes) is 1.